The van der Waals surface area contributed by atoms with Gasteiger partial charge in [-0.1, -0.05) is 25.5 Å². The molecule has 0 aromatic carbocycles. The number of nitrogens with one attached hydrogen (secondary N) is 1. The van der Waals surface area contributed by atoms with Crippen molar-refractivity contribution < 1.29 is 4.42 Å². The average molecular weight is 398 g/mol. The predicted octanol–water partition coefficient (Wildman–Crippen LogP) is 3.68. The topological polar surface area (TPSA) is 67.1 Å². The van der Waals surface area contributed by atoms with E-state index in [1.165, 1.54) is 12.0 Å². The van der Waals surface area contributed by atoms with Crippen LogP contribution in [-0.4, -0.2) is 53.8 Å². The van der Waals surface area contributed by atoms with Crippen LogP contribution in [0, 0.1) is 23.7 Å². The number of likely N-dealkylation sites (N-methyl/N-ethyl adjacent to an activating group) is 1. The Morgan fingerprint density at radius 1 is 1.21 bits per heavy atom. The van der Waals surface area contributed by atoms with Gasteiger partial charge < -0.3 is 14.6 Å². The fraction of sp³-hybridized carbons (Fsp3) is 0.609. The van der Waals surface area contributed by atoms with Gasteiger partial charge in [0.05, 0.1) is 0 Å². The van der Waals surface area contributed by atoms with Crippen molar-refractivity contribution in [3.63, 3.8) is 0 Å². The molecule has 0 fully saturated rings. The van der Waals surface area contributed by atoms with Crippen LogP contribution in [0.4, 0.5) is 0 Å². The summed E-state index contributed by atoms with van der Waals surface area (Å²) in [6.45, 7) is 10.1. The first-order valence-corrected chi connectivity index (χ1v) is 10.7. The third kappa shape index (κ3) is 5.97. The maximum absolute atomic E-state index is 5.95. The molecule has 0 aliphatic heterocycles. The van der Waals surface area contributed by atoms with Gasteiger partial charge in [0.15, 0.2) is 0 Å². The van der Waals surface area contributed by atoms with E-state index in [0.717, 1.165) is 37.5 Å². The number of nitrogens with zero attached hydrogens (tertiary/aromatic N) is 4. The summed E-state index contributed by atoms with van der Waals surface area (Å²) in [4.78, 5) is 6.26. The average Bonchev–Trinajstić information content (AvgIpc) is 3.16. The van der Waals surface area contributed by atoms with Gasteiger partial charge in [0.2, 0.25) is 11.8 Å². The van der Waals surface area contributed by atoms with Crippen molar-refractivity contribution >= 4 is 0 Å². The minimum Gasteiger partial charge on any atom is -0.421 e. The predicted molar refractivity (Wildman–Crippen MR) is 116 cm³/mol. The highest BCUT2D eigenvalue weighted by molar-refractivity contribution is 5.50. The molecular weight excluding hydrogens is 362 g/mol. The van der Waals surface area contributed by atoms with Gasteiger partial charge in [0.25, 0.3) is 0 Å². The molecule has 6 nitrogen and oxygen atoms in total. The summed E-state index contributed by atoms with van der Waals surface area (Å²) in [7, 11) is 4.23. The van der Waals surface area contributed by atoms with Crippen molar-refractivity contribution in [1.29, 1.82) is 0 Å². The van der Waals surface area contributed by atoms with Gasteiger partial charge in [-0.25, -0.2) is 0 Å². The molecule has 3 atom stereocenters. The number of rotatable bonds is 9. The summed E-state index contributed by atoms with van der Waals surface area (Å²) < 4.78 is 5.95. The third-order valence-electron chi connectivity index (χ3n) is 6.01. The van der Waals surface area contributed by atoms with E-state index >= 15 is 0 Å². The SMILES string of the molecule is CC1=C[C@@H](CNCCN(C)C)[C@H](C(C)C)C[C@H]1Cc1nnc(-c2ccncc2)o1. The maximum Gasteiger partial charge on any atom is 0.247 e. The van der Waals surface area contributed by atoms with Gasteiger partial charge in [0, 0.05) is 44.0 Å². The van der Waals surface area contributed by atoms with Crippen LogP contribution in [0.5, 0.6) is 0 Å². The summed E-state index contributed by atoms with van der Waals surface area (Å²) in [5, 5.41) is 12.2. The molecule has 0 bridgehead atoms. The molecule has 0 amide bonds. The van der Waals surface area contributed by atoms with E-state index < -0.39 is 0 Å². The number of hydrogen-bond acceptors (Lipinski definition) is 6. The zero-order chi connectivity index (χ0) is 20.8. The largest absolute Gasteiger partial charge is 0.421 e. The third-order valence-corrected chi connectivity index (χ3v) is 6.01. The van der Waals surface area contributed by atoms with E-state index in [0.29, 0.717) is 29.6 Å². The van der Waals surface area contributed by atoms with Crippen molar-refractivity contribution in [2.24, 2.45) is 23.7 Å². The molecule has 1 aliphatic carbocycles. The van der Waals surface area contributed by atoms with Gasteiger partial charge in [-0.3, -0.25) is 4.98 Å². The molecule has 0 unspecified atom stereocenters. The molecule has 0 saturated heterocycles. The zero-order valence-electron chi connectivity index (χ0n) is 18.4. The van der Waals surface area contributed by atoms with Gasteiger partial charge in [-0.05, 0) is 63.2 Å². The lowest BCUT2D eigenvalue weighted by molar-refractivity contribution is 0.217. The summed E-state index contributed by atoms with van der Waals surface area (Å²) in [5.74, 6) is 3.66. The smallest absolute Gasteiger partial charge is 0.247 e. The molecule has 6 heteroatoms. The van der Waals surface area contributed by atoms with E-state index in [1.54, 1.807) is 12.4 Å². The lowest BCUT2D eigenvalue weighted by Gasteiger charge is -2.37. The molecule has 0 spiro atoms. The first kappa shape index (κ1) is 21.7. The lowest BCUT2D eigenvalue weighted by atomic mass is 9.70. The maximum atomic E-state index is 5.95. The minimum absolute atomic E-state index is 0.464. The molecule has 3 rings (SSSR count). The van der Waals surface area contributed by atoms with Crippen LogP contribution in [0.1, 0.15) is 33.1 Å². The van der Waals surface area contributed by atoms with Gasteiger partial charge >= 0.3 is 0 Å². The molecule has 1 N–H and O–H groups in total. The summed E-state index contributed by atoms with van der Waals surface area (Å²) in [6, 6.07) is 3.79. The Morgan fingerprint density at radius 2 is 1.97 bits per heavy atom. The molecule has 1 aliphatic rings. The first-order valence-electron chi connectivity index (χ1n) is 10.7. The second kappa shape index (κ2) is 10.1. The Morgan fingerprint density at radius 3 is 2.66 bits per heavy atom. The van der Waals surface area contributed by atoms with Crippen LogP contribution in [0.3, 0.4) is 0 Å². The van der Waals surface area contributed by atoms with Crippen LogP contribution < -0.4 is 5.32 Å². The number of allylic oxidation sites excluding steroid dienone is 1. The van der Waals surface area contributed by atoms with Crippen LogP contribution >= 0.6 is 0 Å². The van der Waals surface area contributed by atoms with Crippen molar-refractivity contribution in [1.82, 2.24) is 25.4 Å². The molecule has 2 aromatic rings. The Labute approximate surface area is 174 Å². The van der Waals surface area contributed by atoms with E-state index in [-0.39, 0.29) is 0 Å². The molecule has 2 aromatic heterocycles. The van der Waals surface area contributed by atoms with Crippen LogP contribution in [0.2, 0.25) is 0 Å². The fourth-order valence-corrected chi connectivity index (χ4v) is 4.24. The Bertz CT molecular complexity index is 784. The Balaban J connectivity index is 1.64. The van der Waals surface area contributed by atoms with Crippen molar-refractivity contribution in [2.45, 2.75) is 33.6 Å². The summed E-state index contributed by atoms with van der Waals surface area (Å²) in [5.41, 5.74) is 2.36. The van der Waals surface area contributed by atoms with E-state index in [9.17, 15) is 0 Å². The molecular formula is C23H35N5O. The molecule has 0 saturated carbocycles. The van der Waals surface area contributed by atoms with Crippen LogP contribution in [0.15, 0.2) is 40.6 Å². The quantitative estimate of drug-likeness (QED) is 0.514. The summed E-state index contributed by atoms with van der Waals surface area (Å²) >= 11 is 0. The number of hydrogen-bond donors (Lipinski definition) is 1. The second-order valence-corrected chi connectivity index (χ2v) is 8.86. The van der Waals surface area contributed by atoms with Crippen molar-refractivity contribution in [2.75, 3.05) is 33.7 Å². The molecule has 2 heterocycles. The lowest BCUT2D eigenvalue weighted by Crippen LogP contribution is -2.37. The van der Waals surface area contributed by atoms with Gasteiger partial charge in [-0.15, -0.1) is 10.2 Å². The Hall–Kier alpha value is -2.05. The highest BCUT2D eigenvalue weighted by Crippen LogP contribution is 2.38. The zero-order valence-corrected chi connectivity index (χ0v) is 18.4. The van der Waals surface area contributed by atoms with Gasteiger partial charge in [0.1, 0.15) is 0 Å². The van der Waals surface area contributed by atoms with Gasteiger partial charge in [-0.2, -0.15) is 0 Å². The van der Waals surface area contributed by atoms with Crippen LogP contribution in [0.25, 0.3) is 11.5 Å². The van der Waals surface area contributed by atoms with E-state index in [4.69, 9.17) is 4.42 Å². The highest BCUT2D eigenvalue weighted by atomic mass is 16.4. The molecule has 158 valence electrons. The van der Waals surface area contributed by atoms with E-state index in [2.05, 4.69) is 66.3 Å². The molecule has 29 heavy (non-hydrogen) atoms. The van der Waals surface area contributed by atoms with Crippen LogP contribution in [-0.2, 0) is 6.42 Å². The monoisotopic (exact) mass is 397 g/mol. The minimum atomic E-state index is 0.464. The normalized spacial score (nSPS) is 22.3. The second-order valence-electron chi connectivity index (χ2n) is 8.86. The fourth-order valence-electron chi connectivity index (χ4n) is 4.24. The Kier molecular flexibility index (Phi) is 7.56. The first-order chi connectivity index (χ1) is 13.9. The van der Waals surface area contributed by atoms with E-state index in [1.807, 2.05) is 12.1 Å². The van der Waals surface area contributed by atoms with Crippen molar-refractivity contribution in [3.8, 4) is 11.5 Å². The molecule has 0 radical (unpaired) electrons. The number of pyridine rings is 1. The number of aromatic nitrogens is 3. The standard InChI is InChI=1S/C23H35N5O/c1-16(2)21-13-19(17(3)12-20(21)15-25-10-11-28(4)5)14-22-26-27-23(29-22)18-6-8-24-9-7-18/h6-9,12,16,19-21,25H,10-11,13-15H2,1-5H3/t19-,20-,21-/m0/s1. The highest BCUT2D eigenvalue weighted by Gasteiger charge is 2.32. The summed E-state index contributed by atoms with van der Waals surface area (Å²) in [6.07, 6.45) is 7.96. The van der Waals surface area contributed by atoms with Crippen molar-refractivity contribution in [3.05, 3.63) is 42.1 Å².